The van der Waals surface area contributed by atoms with E-state index in [1.807, 2.05) is 31.2 Å². The Labute approximate surface area is 182 Å². The fourth-order valence-electron chi connectivity index (χ4n) is 3.96. The number of halogens is 2. The summed E-state index contributed by atoms with van der Waals surface area (Å²) in [4.78, 5) is 31.8. The lowest BCUT2D eigenvalue weighted by molar-refractivity contribution is -0.120. The fourth-order valence-corrected chi connectivity index (χ4v) is 3.96. The number of aryl methyl sites for hydroxylation is 1. The van der Waals surface area contributed by atoms with Crippen LogP contribution in [0.3, 0.4) is 0 Å². The van der Waals surface area contributed by atoms with E-state index in [1.165, 1.54) is 17.1 Å². The fraction of sp³-hybridized carbons (Fsp3) is 0.273. The molecule has 1 aliphatic heterocycles. The van der Waals surface area contributed by atoms with Gasteiger partial charge >= 0.3 is 5.69 Å². The highest BCUT2D eigenvalue weighted by Gasteiger charge is 2.33. The maximum Gasteiger partial charge on any atom is 0.350 e. The normalized spacial score (nSPS) is 15.6. The van der Waals surface area contributed by atoms with Crippen LogP contribution in [0.5, 0.6) is 0 Å². The van der Waals surface area contributed by atoms with Gasteiger partial charge in [0.2, 0.25) is 5.91 Å². The molecule has 0 aliphatic carbocycles. The number of hydrogen-bond donors (Lipinski definition) is 1. The molecule has 1 aromatic carbocycles. The largest absolute Gasteiger partial charge is 0.350 e. The second kappa shape index (κ2) is 8.46. The molecule has 0 saturated carbocycles. The average molecular weight is 440 g/mol. The van der Waals surface area contributed by atoms with Crippen molar-refractivity contribution in [2.45, 2.75) is 25.8 Å². The van der Waals surface area contributed by atoms with Gasteiger partial charge in [-0.05, 0) is 36.6 Å². The molecule has 1 amide bonds. The van der Waals surface area contributed by atoms with Crippen molar-refractivity contribution >= 4 is 11.6 Å². The van der Waals surface area contributed by atoms with Crippen LogP contribution >= 0.6 is 0 Å². The van der Waals surface area contributed by atoms with Crippen LogP contribution in [0.25, 0.3) is 5.69 Å². The predicted molar refractivity (Wildman–Crippen MR) is 115 cm³/mol. The van der Waals surface area contributed by atoms with Gasteiger partial charge in [-0.1, -0.05) is 18.2 Å². The first kappa shape index (κ1) is 21.6. The molecule has 0 spiro atoms. The third-order valence-corrected chi connectivity index (χ3v) is 5.71. The zero-order valence-corrected chi connectivity index (χ0v) is 17.6. The number of nitrogens with zero attached hydrogens (tertiary/aromatic N) is 5. The molecule has 4 rings (SSSR count). The number of fused-ring (bicyclic) bond motifs is 1. The topological polar surface area (TPSA) is 99.0 Å². The Kier molecular flexibility index (Phi) is 5.70. The highest BCUT2D eigenvalue weighted by Crippen LogP contribution is 2.35. The molecular weight excluding hydrogens is 418 g/mol. The van der Waals surface area contributed by atoms with Crippen molar-refractivity contribution in [1.29, 1.82) is 0 Å². The number of amides is 1. The van der Waals surface area contributed by atoms with Gasteiger partial charge in [0, 0.05) is 24.9 Å². The summed E-state index contributed by atoms with van der Waals surface area (Å²) in [5.74, 6) is -0.487. The second-order valence-electron chi connectivity index (χ2n) is 7.69. The average Bonchev–Trinajstić information content (AvgIpc) is 3.14. The Balaban J connectivity index is 1.65. The van der Waals surface area contributed by atoms with Gasteiger partial charge in [-0.15, -0.1) is 0 Å². The smallest absolute Gasteiger partial charge is 0.327 e. The molecule has 2 N–H and O–H groups in total. The SMILES string of the molecule is Cc1cc(-n2cnn(CC(CN)=C(F)F)c2=O)cnc1C1Cc2ccccc2N(C)C1=O. The van der Waals surface area contributed by atoms with Gasteiger partial charge in [0.1, 0.15) is 6.33 Å². The molecular formula is C22H22F2N6O2. The van der Waals surface area contributed by atoms with Gasteiger partial charge in [0.05, 0.1) is 30.0 Å². The number of nitrogens with two attached hydrogens (primary N) is 1. The molecule has 2 aromatic heterocycles. The first-order chi connectivity index (χ1) is 15.3. The van der Waals surface area contributed by atoms with Crippen LogP contribution in [0.2, 0.25) is 0 Å². The minimum atomic E-state index is -1.92. The van der Waals surface area contributed by atoms with Gasteiger partial charge in [0.15, 0.2) is 0 Å². The first-order valence-electron chi connectivity index (χ1n) is 10.0. The van der Waals surface area contributed by atoms with E-state index >= 15 is 0 Å². The summed E-state index contributed by atoms with van der Waals surface area (Å²) in [5, 5.41) is 3.91. The van der Waals surface area contributed by atoms with Crippen LogP contribution in [0.1, 0.15) is 22.7 Å². The Morgan fingerprint density at radius 3 is 2.69 bits per heavy atom. The summed E-state index contributed by atoms with van der Waals surface area (Å²) < 4.78 is 27.9. The maximum absolute atomic E-state index is 13.0. The number of hydrogen-bond acceptors (Lipinski definition) is 5. The number of carbonyl (C=O) groups excluding carboxylic acids is 1. The van der Waals surface area contributed by atoms with E-state index in [4.69, 9.17) is 5.73 Å². The number of rotatable bonds is 5. The molecule has 166 valence electrons. The highest BCUT2D eigenvalue weighted by molar-refractivity contribution is 6.00. The third kappa shape index (κ3) is 3.73. The summed E-state index contributed by atoms with van der Waals surface area (Å²) in [6.07, 6.45) is 1.35. The van der Waals surface area contributed by atoms with Crippen molar-refractivity contribution in [3.05, 3.63) is 81.8 Å². The van der Waals surface area contributed by atoms with Crippen molar-refractivity contribution in [2.75, 3.05) is 18.5 Å². The molecule has 0 radical (unpaired) electrons. The molecule has 3 heterocycles. The summed E-state index contributed by atoms with van der Waals surface area (Å²) in [5.41, 5.74) is 8.12. The Morgan fingerprint density at radius 1 is 1.25 bits per heavy atom. The zero-order valence-electron chi connectivity index (χ0n) is 17.6. The number of likely N-dealkylation sites (N-methyl/N-ethyl adjacent to an activating group) is 1. The number of benzene rings is 1. The number of anilines is 1. The van der Waals surface area contributed by atoms with Crippen molar-refractivity contribution < 1.29 is 13.6 Å². The van der Waals surface area contributed by atoms with Gasteiger partial charge in [-0.3, -0.25) is 9.78 Å². The molecule has 0 bridgehead atoms. The van der Waals surface area contributed by atoms with Crippen LogP contribution in [0.15, 0.2) is 59.3 Å². The Hall–Kier alpha value is -3.66. The van der Waals surface area contributed by atoms with Crippen molar-refractivity contribution in [3.8, 4) is 5.69 Å². The summed E-state index contributed by atoms with van der Waals surface area (Å²) >= 11 is 0. The van der Waals surface area contributed by atoms with Crippen molar-refractivity contribution in [2.24, 2.45) is 5.73 Å². The number of aromatic nitrogens is 4. The van der Waals surface area contributed by atoms with Crippen molar-refractivity contribution in [3.63, 3.8) is 0 Å². The van der Waals surface area contributed by atoms with Gasteiger partial charge < -0.3 is 10.6 Å². The molecule has 8 nitrogen and oxygen atoms in total. The van der Waals surface area contributed by atoms with E-state index in [-0.39, 0.29) is 18.0 Å². The monoisotopic (exact) mass is 440 g/mol. The lowest BCUT2D eigenvalue weighted by Crippen LogP contribution is -2.38. The summed E-state index contributed by atoms with van der Waals surface area (Å²) in [7, 11) is 1.75. The lowest BCUT2D eigenvalue weighted by atomic mass is 9.87. The second-order valence-corrected chi connectivity index (χ2v) is 7.69. The van der Waals surface area contributed by atoms with Crippen LogP contribution in [-0.4, -0.2) is 38.8 Å². The van der Waals surface area contributed by atoms with E-state index in [9.17, 15) is 18.4 Å². The minimum Gasteiger partial charge on any atom is -0.327 e. The maximum atomic E-state index is 13.0. The molecule has 3 aromatic rings. The number of carbonyl (C=O) groups is 1. The zero-order chi connectivity index (χ0) is 23.0. The van der Waals surface area contributed by atoms with Crippen LogP contribution in [-0.2, 0) is 17.8 Å². The van der Waals surface area contributed by atoms with Gasteiger partial charge in [-0.25, -0.2) is 14.0 Å². The van der Waals surface area contributed by atoms with Gasteiger partial charge in [0.25, 0.3) is 6.08 Å². The first-order valence-corrected chi connectivity index (χ1v) is 10.0. The van der Waals surface area contributed by atoms with Gasteiger partial charge in [-0.2, -0.15) is 13.9 Å². The van der Waals surface area contributed by atoms with E-state index in [0.717, 1.165) is 21.5 Å². The molecule has 1 unspecified atom stereocenters. The van der Waals surface area contributed by atoms with Crippen LogP contribution in [0, 0.1) is 6.92 Å². The number of pyridine rings is 1. The van der Waals surface area contributed by atoms with Crippen LogP contribution < -0.4 is 16.3 Å². The summed E-state index contributed by atoms with van der Waals surface area (Å²) in [6, 6.07) is 9.48. The summed E-state index contributed by atoms with van der Waals surface area (Å²) in [6.45, 7) is 1.06. The molecule has 10 heteroatoms. The van der Waals surface area contributed by atoms with E-state index in [0.29, 0.717) is 17.8 Å². The van der Waals surface area contributed by atoms with E-state index in [2.05, 4.69) is 10.1 Å². The van der Waals surface area contributed by atoms with Crippen molar-refractivity contribution in [1.82, 2.24) is 19.3 Å². The quantitative estimate of drug-likeness (QED) is 0.656. The molecule has 1 atom stereocenters. The Morgan fingerprint density at radius 2 is 2.00 bits per heavy atom. The molecule has 0 saturated heterocycles. The predicted octanol–water partition coefficient (Wildman–Crippen LogP) is 2.15. The standard InChI is InChI=1S/C22H22F2N6O2/c1-13-7-16(29-12-27-30(22(29)32)11-15(9-25)20(23)24)10-26-19(13)17-8-14-5-3-4-6-18(14)28(2)21(17)31/h3-7,10,12,17H,8-9,11,25H2,1-2H3. The van der Waals surface area contributed by atoms with E-state index < -0.39 is 24.2 Å². The highest BCUT2D eigenvalue weighted by atomic mass is 19.3. The lowest BCUT2D eigenvalue weighted by Gasteiger charge is -2.31. The molecule has 32 heavy (non-hydrogen) atoms. The van der Waals surface area contributed by atoms with Crippen LogP contribution in [0.4, 0.5) is 14.5 Å². The third-order valence-electron chi connectivity index (χ3n) is 5.71. The van der Waals surface area contributed by atoms with E-state index in [1.54, 1.807) is 18.0 Å². The number of para-hydroxylation sites is 1. The molecule has 0 fully saturated rings. The Bertz CT molecular complexity index is 1280. The minimum absolute atomic E-state index is 0.0496. The molecule has 1 aliphatic rings.